The van der Waals surface area contributed by atoms with Crippen molar-refractivity contribution in [2.24, 2.45) is 11.8 Å². The van der Waals surface area contributed by atoms with Crippen LogP contribution in [0.5, 0.6) is 0 Å². The number of likely N-dealkylation sites (tertiary alicyclic amines) is 1. The van der Waals surface area contributed by atoms with E-state index in [-0.39, 0.29) is 17.9 Å². The van der Waals surface area contributed by atoms with Crippen molar-refractivity contribution in [3.63, 3.8) is 0 Å². The van der Waals surface area contributed by atoms with Crippen molar-refractivity contribution in [3.8, 4) is 0 Å². The molecule has 24 heavy (non-hydrogen) atoms. The molecular formula is C19H33N3O2. The van der Waals surface area contributed by atoms with Gasteiger partial charge in [-0.2, -0.15) is 0 Å². The van der Waals surface area contributed by atoms with Crippen LogP contribution >= 0.6 is 0 Å². The SMILES string of the molecule is CC(C)C(=O)N1CCN(C(C(=O)N2CCCC2)C2CCCC2)CC1. The lowest BCUT2D eigenvalue weighted by Gasteiger charge is -2.42. The molecule has 1 saturated carbocycles. The zero-order valence-corrected chi connectivity index (χ0v) is 15.4. The predicted octanol–water partition coefficient (Wildman–Crippen LogP) is 1.97. The average molecular weight is 335 g/mol. The van der Waals surface area contributed by atoms with E-state index in [0.29, 0.717) is 11.8 Å². The normalized spacial score (nSPS) is 24.8. The number of hydrogen-bond acceptors (Lipinski definition) is 3. The van der Waals surface area contributed by atoms with Gasteiger partial charge in [0.15, 0.2) is 0 Å². The number of nitrogens with zero attached hydrogens (tertiary/aromatic N) is 3. The monoisotopic (exact) mass is 335 g/mol. The van der Waals surface area contributed by atoms with E-state index in [4.69, 9.17) is 0 Å². The fraction of sp³-hybridized carbons (Fsp3) is 0.895. The largest absolute Gasteiger partial charge is 0.341 e. The molecule has 5 nitrogen and oxygen atoms in total. The molecule has 0 spiro atoms. The van der Waals surface area contributed by atoms with E-state index in [9.17, 15) is 9.59 Å². The molecule has 0 bridgehead atoms. The van der Waals surface area contributed by atoms with Crippen LogP contribution in [0.25, 0.3) is 0 Å². The van der Waals surface area contributed by atoms with Crippen LogP contribution in [0.15, 0.2) is 0 Å². The average Bonchev–Trinajstić information content (AvgIpc) is 3.28. The van der Waals surface area contributed by atoms with E-state index in [2.05, 4.69) is 9.80 Å². The summed E-state index contributed by atoms with van der Waals surface area (Å²) in [6.45, 7) is 9.04. The smallest absolute Gasteiger partial charge is 0.240 e. The van der Waals surface area contributed by atoms with Gasteiger partial charge >= 0.3 is 0 Å². The molecule has 5 heteroatoms. The summed E-state index contributed by atoms with van der Waals surface area (Å²) < 4.78 is 0. The third-order valence-corrected chi connectivity index (χ3v) is 6.03. The van der Waals surface area contributed by atoms with Crippen LogP contribution in [0.4, 0.5) is 0 Å². The highest BCUT2D eigenvalue weighted by Gasteiger charge is 2.39. The van der Waals surface area contributed by atoms with Gasteiger partial charge in [0.2, 0.25) is 11.8 Å². The fourth-order valence-corrected chi connectivity index (χ4v) is 4.64. The molecule has 1 atom stereocenters. The number of carbonyl (C=O) groups excluding carboxylic acids is 2. The molecule has 0 aromatic carbocycles. The van der Waals surface area contributed by atoms with E-state index in [1.807, 2.05) is 18.7 Å². The first kappa shape index (κ1) is 17.7. The first-order valence-electron chi connectivity index (χ1n) is 9.89. The molecule has 0 aromatic rings. The molecule has 0 radical (unpaired) electrons. The van der Waals surface area contributed by atoms with Crippen LogP contribution in [-0.4, -0.2) is 71.8 Å². The third-order valence-electron chi connectivity index (χ3n) is 6.03. The van der Waals surface area contributed by atoms with Crippen LogP contribution in [0.2, 0.25) is 0 Å². The number of amides is 2. The summed E-state index contributed by atoms with van der Waals surface area (Å²) in [5, 5.41) is 0. The summed E-state index contributed by atoms with van der Waals surface area (Å²) in [4.78, 5) is 31.8. The number of rotatable bonds is 4. The molecule has 2 aliphatic heterocycles. The Bertz CT molecular complexity index is 446. The minimum atomic E-state index is 0.0573. The Kier molecular flexibility index (Phi) is 5.80. The first-order valence-corrected chi connectivity index (χ1v) is 9.89. The van der Waals surface area contributed by atoms with Gasteiger partial charge in [-0.3, -0.25) is 14.5 Å². The zero-order chi connectivity index (χ0) is 17.1. The maximum Gasteiger partial charge on any atom is 0.240 e. The standard InChI is InChI=1S/C19H33N3O2/c1-15(2)18(23)22-13-11-20(12-14-22)17(16-7-3-4-8-16)19(24)21-9-5-6-10-21/h15-17H,3-14H2,1-2H3. The third kappa shape index (κ3) is 3.76. The summed E-state index contributed by atoms with van der Waals surface area (Å²) in [5.41, 5.74) is 0. The lowest BCUT2D eigenvalue weighted by atomic mass is 9.94. The molecule has 2 heterocycles. The number of hydrogen-bond donors (Lipinski definition) is 0. The summed E-state index contributed by atoms with van der Waals surface area (Å²) in [6, 6.07) is 0.0573. The second-order valence-corrected chi connectivity index (χ2v) is 8.04. The maximum atomic E-state index is 13.2. The van der Waals surface area contributed by atoms with Crippen molar-refractivity contribution >= 4 is 11.8 Å². The minimum absolute atomic E-state index is 0.0573. The molecule has 3 rings (SSSR count). The molecule has 0 aromatic heterocycles. The van der Waals surface area contributed by atoms with Gasteiger partial charge in [-0.25, -0.2) is 0 Å². The Morgan fingerprint density at radius 1 is 0.750 bits per heavy atom. The van der Waals surface area contributed by atoms with Gasteiger partial charge in [-0.05, 0) is 31.6 Å². The second kappa shape index (κ2) is 7.85. The zero-order valence-electron chi connectivity index (χ0n) is 15.4. The van der Waals surface area contributed by atoms with E-state index in [0.717, 1.165) is 52.1 Å². The number of carbonyl (C=O) groups is 2. The molecule has 0 N–H and O–H groups in total. The molecule has 1 aliphatic carbocycles. The molecule has 1 unspecified atom stereocenters. The highest BCUT2D eigenvalue weighted by atomic mass is 16.2. The predicted molar refractivity (Wildman–Crippen MR) is 94.6 cm³/mol. The van der Waals surface area contributed by atoms with Crippen LogP contribution in [-0.2, 0) is 9.59 Å². The Morgan fingerprint density at radius 3 is 1.83 bits per heavy atom. The molecule has 136 valence electrons. The Hall–Kier alpha value is -1.10. The topological polar surface area (TPSA) is 43.9 Å². The maximum absolute atomic E-state index is 13.2. The van der Waals surface area contributed by atoms with Crippen molar-refractivity contribution in [1.82, 2.24) is 14.7 Å². The van der Waals surface area contributed by atoms with E-state index in [1.165, 1.54) is 25.7 Å². The van der Waals surface area contributed by atoms with Crippen LogP contribution in [0.1, 0.15) is 52.4 Å². The first-order chi connectivity index (χ1) is 11.6. The summed E-state index contributed by atoms with van der Waals surface area (Å²) in [6.07, 6.45) is 7.21. The van der Waals surface area contributed by atoms with Crippen LogP contribution < -0.4 is 0 Å². The fourth-order valence-electron chi connectivity index (χ4n) is 4.64. The van der Waals surface area contributed by atoms with Gasteiger partial charge in [0.1, 0.15) is 0 Å². The molecule has 2 amide bonds. The van der Waals surface area contributed by atoms with Crippen LogP contribution in [0.3, 0.4) is 0 Å². The highest BCUT2D eigenvalue weighted by molar-refractivity contribution is 5.82. The van der Waals surface area contributed by atoms with E-state index < -0.39 is 0 Å². The Balaban J connectivity index is 1.65. The molecule has 3 aliphatic rings. The van der Waals surface area contributed by atoms with Gasteiger partial charge in [-0.1, -0.05) is 26.7 Å². The lowest BCUT2D eigenvalue weighted by Crippen LogP contribution is -2.58. The van der Waals surface area contributed by atoms with Gasteiger partial charge in [0.05, 0.1) is 6.04 Å². The van der Waals surface area contributed by atoms with Gasteiger partial charge in [-0.15, -0.1) is 0 Å². The van der Waals surface area contributed by atoms with Crippen molar-refractivity contribution in [2.75, 3.05) is 39.3 Å². The summed E-state index contributed by atoms with van der Waals surface area (Å²) >= 11 is 0. The molecular weight excluding hydrogens is 302 g/mol. The molecule has 2 saturated heterocycles. The van der Waals surface area contributed by atoms with Gasteiger partial charge in [0.25, 0.3) is 0 Å². The second-order valence-electron chi connectivity index (χ2n) is 8.04. The van der Waals surface area contributed by atoms with Crippen LogP contribution in [0, 0.1) is 11.8 Å². The van der Waals surface area contributed by atoms with Crippen molar-refractivity contribution in [3.05, 3.63) is 0 Å². The van der Waals surface area contributed by atoms with E-state index >= 15 is 0 Å². The quantitative estimate of drug-likeness (QED) is 0.789. The minimum Gasteiger partial charge on any atom is -0.341 e. The van der Waals surface area contributed by atoms with Crippen molar-refractivity contribution in [1.29, 1.82) is 0 Å². The van der Waals surface area contributed by atoms with Gasteiger partial charge < -0.3 is 9.80 Å². The lowest BCUT2D eigenvalue weighted by molar-refractivity contribution is -0.141. The van der Waals surface area contributed by atoms with E-state index in [1.54, 1.807) is 0 Å². The summed E-state index contributed by atoms with van der Waals surface area (Å²) in [5.74, 6) is 1.19. The Labute approximate surface area is 146 Å². The Morgan fingerprint density at radius 2 is 1.29 bits per heavy atom. The highest BCUT2D eigenvalue weighted by Crippen LogP contribution is 2.32. The number of piperazine rings is 1. The molecule has 3 fully saturated rings. The van der Waals surface area contributed by atoms with Crippen molar-refractivity contribution in [2.45, 2.75) is 58.4 Å². The van der Waals surface area contributed by atoms with Gasteiger partial charge in [0, 0.05) is 45.2 Å². The van der Waals surface area contributed by atoms with Crippen molar-refractivity contribution < 1.29 is 9.59 Å². The summed E-state index contributed by atoms with van der Waals surface area (Å²) in [7, 11) is 0.